The Labute approximate surface area is 157 Å². The lowest BCUT2D eigenvalue weighted by Gasteiger charge is -2.31. The van der Waals surface area contributed by atoms with E-state index in [0.717, 1.165) is 60.7 Å². The fraction of sp³-hybridized carbons (Fsp3) is 0.682. The number of aryl methyl sites for hydroxylation is 1. The van der Waals surface area contributed by atoms with E-state index in [-0.39, 0.29) is 5.91 Å². The number of ether oxygens (including phenoxy) is 1. The maximum atomic E-state index is 12.1. The molecular formula is C22H32N2O2. The van der Waals surface area contributed by atoms with Crippen LogP contribution in [0.15, 0.2) is 18.2 Å². The van der Waals surface area contributed by atoms with Gasteiger partial charge in [-0.3, -0.25) is 4.79 Å². The van der Waals surface area contributed by atoms with Gasteiger partial charge in [-0.05, 0) is 93.1 Å². The lowest BCUT2D eigenvalue weighted by atomic mass is 9.91. The van der Waals surface area contributed by atoms with E-state index in [1.807, 2.05) is 11.0 Å². The van der Waals surface area contributed by atoms with Crippen LogP contribution >= 0.6 is 0 Å². The van der Waals surface area contributed by atoms with Gasteiger partial charge >= 0.3 is 0 Å². The van der Waals surface area contributed by atoms with E-state index in [0.29, 0.717) is 6.42 Å². The summed E-state index contributed by atoms with van der Waals surface area (Å²) in [5.74, 6) is 3.99. The Hall–Kier alpha value is -1.55. The van der Waals surface area contributed by atoms with Crippen molar-refractivity contribution in [2.75, 3.05) is 32.8 Å². The summed E-state index contributed by atoms with van der Waals surface area (Å²) in [4.78, 5) is 14.1. The first-order valence-electron chi connectivity index (χ1n) is 10.4. The zero-order chi connectivity index (χ0) is 17.9. The molecule has 1 N–H and O–H groups in total. The fourth-order valence-electron chi connectivity index (χ4n) is 4.58. The molecule has 4 rings (SSSR count). The van der Waals surface area contributed by atoms with Gasteiger partial charge in [0.25, 0.3) is 0 Å². The van der Waals surface area contributed by atoms with Crippen LogP contribution in [0.1, 0.15) is 43.2 Å². The highest BCUT2D eigenvalue weighted by molar-refractivity contribution is 5.79. The van der Waals surface area contributed by atoms with E-state index in [2.05, 4.69) is 24.4 Å². The van der Waals surface area contributed by atoms with Crippen LogP contribution < -0.4 is 10.1 Å². The molecule has 2 atom stereocenters. The first-order chi connectivity index (χ1) is 12.7. The number of rotatable bonds is 7. The quantitative estimate of drug-likeness (QED) is 0.816. The minimum Gasteiger partial charge on any atom is -0.494 e. The van der Waals surface area contributed by atoms with Gasteiger partial charge in [-0.25, -0.2) is 0 Å². The van der Waals surface area contributed by atoms with Crippen molar-refractivity contribution >= 4 is 5.91 Å². The second-order valence-electron chi connectivity index (χ2n) is 8.38. The fourth-order valence-corrected chi connectivity index (χ4v) is 4.58. The van der Waals surface area contributed by atoms with E-state index < -0.39 is 0 Å². The predicted octanol–water partition coefficient (Wildman–Crippen LogP) is 3.17. The van der Waals surface area contributed by atoms with Gasteiger partial charge in [0.15, 0.2) is 0 Å². The number of hydrogen-bond donors (Lipinski definition) is 1. The number of nitrogens with zero attached hydrogens (tertiary/aromatic N) is 1. The van der Waals surface area contributed by atoms with Crippen LogP contribution in [0.5, 0.6) is 5.75 Å². The van der Waals surface area contributed by atoms with Gasteiger partial charge in [0.2, 0.25) is 5.91 Å². The van der Waals surface area contributed by atoms with Gasteiger partial charge in [0.05, 0.1) is 13.0 Å². The first-order valence-corrected chi connectivity index (χ1v) is 10.4. The van der Waals surface area contributed by atoms with E-state index >= 15 is 0 Å². The summed E-state index contributed by atoms with van der Waals surface area (Å²) >= 11 is 0. The molecule has 1 amide bonds. The normalized spacial score (nSPS) is 25.7. The van der Waals surface area contributed by atoms with Crippen molar-refractivity contribution in [2.45, 2.75) is 45.4 Å². The zero-order valence-corrected chi connectivity index (χ0v) is 16.0. The topological polar surface area (TPSA) is 41.6 Å². The molecule has 2 aliphatic heterocycles. The molecule has 1 saturated carbocycles. The molecule has 1 aromatic rings. The molecule has 3 fully saturated rings. The molecule has 2 unspecified atom stereocenters. The number of hydrogen-bond acceptors (Lipinski definition) is 3. The Balaban J connectivity index is 1.20. The smallest absolute Gasteiger partial charge is 0.227 e. The summed E-state index contributed by atoms with van der Waals surface area (Å²) in [5.41, 5.74) is 2.29. The molecule has 0 aromatic heterocycles. The maximum Gasteiger partial charge on any atom is 0.227 e. The van der Waals surface area contributed by atoms with Gasteiger partial charge in [0.1, 0.15) is 5.75 Å². The van der Waals surface area contributed by atoms with Gasteiger partial charge in [-0.15, -0.1) is 0 Å². The van der Waals surface area contributed by atoms with E-state index in [1.165, 1.54) is 38.8 Å². The summed E-state index contributed by atoms with van der Waals surface area (Å²) in [6.45, 7) is 7.17. The number of nitrogens with one attached hydrogen (secondary N) is 1. The molecule has 3 aliphatic rings. The zero-order valence-electron chi connectivity index (χ0n) is 16.0. The summed E-state index contributed by atoms with van der Waals surface area (Å²) in [6.07, 6.45) is 6.98. The van der Waals surface area contributed by atoms with Crippen LogP contribution in [0.25, 0.3) is 0 Å². The van der Waals surface area contributed by atoms with Crippen molar-refractivity contribution < 1.29 is 9.53 Å². The van der Waals surface area contributed by atoms with Crippen LogP contribution in [-0.2, 0) is 11.2 Å². The standard InChI is InChI=1S/C22H32N2O2/c1-16-13-20(4-3-18(16)15-22(25)24-10-2-11-24)26-12-7-19-14-21(19)17-5-8-23-9-6-17/h3-4,13,17,19,21,23H,2,5-12,14-15H2,1H3. The molecule has 0 spiro atoms. The summed E-state index contributed by atoms with van der Waals surface area (Å²) in [6, 6.07) is 6.19. The molecule has 1 aromatic carbocycles. The molecule has 0 radical (unpaired) electrons. The van der Waals surface area contributed by atoms with Crippen LogP contribution in [0.3, 0.4) is 0 Å². The van der Waals surface area contributed by atoms with Gasteiger partial charge in [-0.1, -0.05) is 6.07 Å². The first kappa shape index (κ1) is 17.8. The molecule has 1 aliphatic carbocycles. The average Bonchev–Trinajstić information content (AvgIpc) is 3.36. The van der Waals surface area contributed by atoms with Crippen LogP contribution in [0, 0.1) is 24.7 Å². The SMILES string of the molecule is Cc1cc(OCCC2CC2C2CCNCC2)ccc1CC(=O)N1CCC1. The van der Waals surface area contributed by atoms with Gasteiger partial charge in [-0.2, -0.15) is 0 Å². The number of benzene rings is 1. The van der Waals surface area contributed by atoms with Crippen molar-refractivity contribution in [3.8, 4) is 5.75 Å². The van der Waals surface area contributed by atoms with E-state index in [9.17, 15) is 4.79 Å². The number of amides is 1. The molecule has 26 heavy (non-hydrogen) atoms. The Morgan fingerprint density at radius 1 is 1.27 bits per heavy atom. The van der Waals surface area contributed by atoms with Crippen molar-refractivity contribution in [3.05, 3.63) is 29.3 Å². The summed E-state index contributed by atoms with van der Waals surface area (Å²) < 4.78 is 6.01. The number of carbonyl (C=O) groups excluding carboxylic acids is 1. The second-order valence-corrected chi connectivity index (χ2v) is 8.38. The number of piperidine rings is 1. The lowest BCUT2D eigenvalue weighted by molar-refractivity contribution is -0.133. The molecule has 4 nitrogen and oxygen atoms in total. The number of likely N-dealkylation sites (tertiary alicyclic amines) is 1. The second kappa shape index (κ2) is 7.99. The third-order valence-corrected chi connectivity index (χ3v) is 6.59. The van der Waals surface area contributed by atoms with E-state index in [4.69, 9.17) is 4.74 Å². The highest BCUT2D eigenvalue weighted by atomic mass is 16.5. The largest absolute Gasteiger partial charge is 0.494 e. The Bertz CT molecular complexity index is 635. The Morgan fingerprint density at radius 2 is 2.08 bits per heavy atom. The van der Waals surface area contributed by atoms with Crippen LogP contribution in [-0.4, -0.2) is 43.6 Å². The third-order valence-electron chi connectivity index (χ3n) is 6.59. The monoisotopic (exact) mass is 356 g/mol. The molecule has 142 valence electrons. The molecule has 0 bridgehead atoms. The lowest BCUT2D eigenvalue weighted by Crippen LogP contribution is -2.42. The molecule has 2 heterocycles. The highest BCUT2D eigenvalue weighted by Crippen LogP contribution is 2.49. The molecule has 2 saturated heterocycles. The van der Waals surface area contributed by atoms with Crippen molar-refractivity contribution in [2.24, 2.45) is 17.8 Å². The van der Waals surface area contributed by atoms with Crippen molar-refractivity contribution in [1.82, 2.24) is 10.2 Å². The summed E-state index contributed by atoms with van der Waals surface area (Å²) in [7, 11) is 0. The van der Waals surface area contributed by atoms with Crippen molar-refractivity contribution in [1.29, 1.82) is 0 Å². The highest BCUT2D eigenvalue weighted by Gasteiger charge is 2.42. The predicted molar refractivity (Wildman–Crippen MR) is 103 cm³/mol. The Morgan fingerprint density at radius 3 is 2.77 bits per heavy atom. The van der Waals surface area contributed by atoms with E-state index in [1.54, 1.807) is 0 Å². The van der Waals surface area contributed by atoms with Crippen molar-refractivity contribution in [3.63, 3.8) is 0 Å². The minimum atomic E-state index is 0.255. The molecular weight excluding hydrogens is 324 g/mol. The van der Waals surface area contributed by atoms with Gasteiger partial charge in [0, 0.05) is 13.1 Å². The van der Waals surface area contributed by atoms with Crippen LogP contribution in [0.4, 0.5) is 0 Å². The molecule has 4 heteroatoms. The van der Waals surface area contributed by atoms with Gasteiger partial charge < -0.3 is 15.0 Å². The minimum absolute atomic E-state index is 0.255. The maximum absolute atomic E-state index is 12.1. The van der Waals surface area contributed by atoms with Crippen LogP contribution in [0.2, 0.25) is 0 Å². The average molecular weight is 357 g/mol. The summed E-state index contributed by atoms with van der Waals surface area (Å²) in [5, 5.41) is 3.46. The number of carbonyl (C=O) groups is 1. The Kier molecular flexibility index (Phi) is 5.49. The third kappa shape index (κ3) is 4.22.